The van der Waals surface area contributed by atoms with Crippen LogP contribution in [-0.2, 0) is 9.53 Å². The van der Waals surface area contributed by atoms with Gasteiger partial charge < -0.3 is 10.1 Å². The maximum atomic E-state index is 13.2. The monoisotopic (exact) mass is 429 g/mol. The number of nitrogens with zero attached hydrogens (tertiary/aromatic N) is 2. The molecule has 1 saturated heterocycles. The number of ether oxygens (including phenoxy) is 1. The molecule has 0 bridgehead atoms. The summed E-state index contributed by atoms with van der Waals surface area (Å²) in [5.41, 5.74) is 3.50. The summed E-state index contributed by atoms with van der Waals surface area (Å²) in [6.45, 7) is 5.30. The predicted octanol–water partition coefficient (Wildman–Crippen LogP) is 3.45. The number of amides is 1. The highest BCUT2D eigenvalue weighted by Gasteiger charge is 2.19. The molecule has 1 amide bonds. The fourth-order valence-electron chi connectivity index (χ4n) is 3.47. The zero-order valence-corrected chi connectivity index (χ0v) is 18.1. The van der Waals surface area contributed by atoms with E-state index in [0.29, 0.717) is 21.9 Å². The van der Waals surface area contributed by atoms with Crippen LogP contribution in [0.2, 0.25) is 0 Å². The molecule has 4 rings (SSSR count). The zero-order chi connectivity index (χ0) is 20.4. The first-order valence-corrected chi connectivity index (χ1v) is 11.5. The summed E-state index contributed by atoms with van der Waals surface area (Å²) in [5, 5.41) is 5.32. The van der Waals surface area contributed by atoms with Crippen molar-refractivity contribution in [2.45, 2.75) is 37.9 Å². The highest BCUT2D eigenvalue weighted by atomic mass is 32.2. The molecule has 1 atom stereocenters. The number of hydrogen-bond acceptors (Lipinski definition) is 6. The molecule has 3 aromatic rings. The minimum Gasteiger partial charge on any atom is -0.376 e. The van der Waals surface area contributed by atoms with E-state index < -0.39 is 0 Å². The predicted molar refractivity (Wildman–Crippen MR) is 117 cm³/mol. The number of benzene rings is 1. The van der Waals surface area contributed by atoms with Crippen molar-refractivity contribution in [1.29, 1.82) is 0 Å². The second kappa shape index (κ2) is 8.69. The highest BCUT2D eigenvalue weighted by Crippen LogP contribution is 2.25. The number of carbonyl (C=O) groups is 1. The van der Waals surface area contributed by atoms with E-state index >= 15 is 0 Å². The van der Waals surface area contributed by atoms with E-state index in [1.807, 2.05) is 43.5 Å². The fraction of sp³-hybridized carbons (Fsp3) is 0.381. The number of thioether (sulfide) groups is 1. The highest BCUT2D eigenvalue weighted by molar-refractivity contribution is 7.99. The standard InChI is InChI=1S/C21H23N3O3S2/c1-13-5-6-17(14(2)10-13)24-20(26)19-16(7-9-28-19)23-21(24)29-12-18(25)22-11-15-4-3-8-27-15/h5-7,9-10,15H,3-4,8,11-12H2,1-2H3,(H,22,25)/t15-/m1/s1. The Labute approximate surface area is 177 Å². The molecule has 1 aliphatic heterocycles. The summed E-state index contributed by atoms with van der Waals surface area (Å²) < 4.78 is 7.80. The molecule has 2 aromatic heterocycles. The van der Waals surface area contributed by atoms with Crippen molar-refractivity contribution < 1.29 is 9.53 Å². The molecule has 0 spiro atoms. The summed E-state index contributed by atoms with van der Waals surface area (Å²) >= 11 is 2.67. The van der Waals surface area contributed by atoms with Crippen LogP contribution in [-0.4, -0.2) is 40.5 Å². The Morgan fingerprint density at radius 2 is 2.24 bits per heavy atom. The summed E-state index contributed by atoms with van der Waals surface area (Å²) in [4.78, 5) is 30.2. The lowest BCUT2D eigenvalue weighted by atomic mass is 10.1. The van der Waals surface area contributed by atoms with E-state index in [2.05, 4.69) is 10.3 Å². The van der Waals surface area contributed by atoms with Crippen molar-refractivity contribution in [3.63, 3.8) is 0 Å². The minimum atomic E-state index is -0.0979. The summed E-state index contributed by atoms with van der Waals surface area (Å²) in [6.07, 6.45) is 2.13. The quantitative estimate of drug-likeness (QED) is 0.480. The number of rotatable bonds is 6. The van der Waals surface area contributed by atoms with Crippen molar-refractivity contribution in [1.82, 2.24) is 14.9 Å². The fourth-order valence-corrected chi connectivity index (χ4v) is 5.07. The van der Waals surface area contributed by atoms with Crippen molar-refractivity contribution in [3.8, 4) is 5.69 Å². The second-order valence-corrected chi connectivity index (χ2v) is 9.05. The average molecular weight is 430 g/mol. The van der Waals surface area contributed by atoms with Gasteiger partial charge in [-0.1, -0.05) is 29.5 Å². The van der Waals surface area contributed by atoms with Crippen molar-refractivity contribution in [3.05, 3.63) is 51.1 Å². The Balaban J connectivity index is 1.60. The van der Waals surface area contributed by atoms with E-state index in [4.69, 9.17) is 4.74 Å². The lowest BCUT2D eigenvalue weighted by Gasteiger charge is -2.15. The normalized spacial score (nSPS) is 16.4. The van der Waals surface area contributed by atoms with Gasteiger partial charge >= 0.3 is 0 Å². The molecule has 0 radical (unpaired) electrons. The van der Waals surface area contributed by atoms with Crippen LogP contribution in [0.4, 0.5) is 0 Å². The number of hydrogen-bond donors (Lipinski definition) is 1. The first-order valence-electron chi connectivity index (χ1n) is 9.62. The molecule has 0 unspecified atom stereocenters. The lowest BCUT2D eigenvalue weighted by molar-refractivity contribution is -0.119. The van der Waals surface area contributed by atoms with Crippen LogP contribution in [0.25, 0.3) is 15.9 Å². The van der Waals surface area contributed by atoms with Gasteiger partial charge in [0.25, 0.3) is 5.56 Å². The summed E-state index contributed by atoms with van der Waals surface area (Å²) in [6, 6.07) is 7.81. The van der Waals surface area contributed by atoms with Crippen LogP contribution in [0.15, 0.2) is 39.6 Å². The molecule has 0 saturated carbocycles. The molecule has 3 heterocycles. The van der Waals surface area contributed by atoms with E-state index in [0.717, 1.165) is 36.3 Å². The molecule has 8 heteroatoms. The maximum Gasteiger partial charge on any atom is 0.276 e. The second-order valence-electron chi connectivity index (χ2n) is 7.19. The Bertz CT molecular complexity index is 1100. The number of thiophene rings is 1. The van der Waals surface area contributed by atoms with E-state index in [-0.39, 0.29) is 23.3 Å². The molecule has 6 nitrogen and oxygen atoms in total. The minimum absolute atomic E-state index is 0.0858. The smallest absolute Gasteiger partial charge is 0.276 e. The van der Waals surface area contributed by atoms with E-state index in [9.17, 15) is 9.59 Å². The topological polar surface area (TPSA) is 73.2 Å². The van der Waals surface area contributed by atoms with Crippen LogP contribution in [0, 0.1) is 13.8 Å². The van der Waals surface area contributed by atoms with Gasteiger partial charge in [-0.25, -0.2) is 4.98 Å². The van der Waals surface area contributed by atoms with Gasteiger partial charge in [0.2, 0.25) is 5.91 Å². The number of carbonyl (C=O) groups excluding carboxylic acids is 1. The molecule has 1 aromatic carbocycles. The van der Waals surface area contributed by atoms with Crippen molar-refractivity contribution in [2.75, 3.05) is 18.9 Å². The van der Waals surface area contributed by atoms with Gasteiger partial charge in [-0.15, -0.1) is 11.3 Å². The van der Waals surface area contributed by atoms with E-state index in [1.165, 1.54) is 23.1 Å². The van der Waals surface area contributed by atoms with Gasteiger partial charge in [0.1, 0.15) is 4.70 Å². The molecule has 29 heavy (non-hydrogen) atoms. The van der Waals surface area contributed by atoms with Crippen LogP contribution in [0.1, 0.15) is 24.0 Å². The maximum absolute atomic E-state index is 13.2. The van der Waals surface area contributed by atoms with E-state index in [1.54, 1.807) is 4.57 Å². The SMILES string of the molecule is Cc1ccc(-n2c(SCC(=O)NC[C@H]3CCCO3)nc3ccsc3c2=O)c(C)c1. The van der Waals surface area contributed by atoms with Gasteiger partial charge in [-0.3, -0.25) is 14.2 Å². The van der Waals surface area contributed by atoms with Gasteiger partial charge in [-0.2, -0.15) is 0 Å². The van der Waals surface area contributed by atoms with Crippen LogP contribution < -0.4 is 10.9 Å². The number of fused-ring (bicyclic) bond motifs is 1. The summed E-state index contributed by atoms with van der Waals surface area (Å²) in [5.74, 6) is 0.108. The van der Waals surface area contributed by atoms with Crippen LogP contribution in [0.5, 0.6) is 0 Å². The van der Waals surface area contributed by atoms with Gasteiger partial charge in [-0.05, 0) is 49.8 Å². The average Bonchev–Trinajstić information content (AvgIpc) is 3.37. The lowest BCUT2D eigenvalue weighted by Crippen LogP contribution is -2.33. The van der Waals surface area contributed by atoms with Gasteiger partial charge in [0.05, 0.1) is 23.1 Å². The Hall–Kier alpha value is -2.16. The number of aromatic nitrogens is 2. The Kier molecular flexibility index (Phi) is 6.03. The molecule has 1 fully saturated rings. The number of aryl methyl sites for hydroxylation is 2. The van der Waals surface area contributed by atoms with Crippen molar-refractivity contribution in [2.24, 2.45) is 0 Å². The van der Waals surface area contributed by atoms with Crippen LogP contribution in [0.3, 0.4) is 0 Å². The Morgan fingerprint density at radius 3 is 3.00 bits per heavy atom. The molecule has 152 valence electrons. The van der Waals surface area contributed by atoms with Gasteiger partial charge in [0, 0.05) is 13.2 Å². The third-order valence-electron chi connectivity index (χ3n) is 4.93. The summed E-state index contributed by atoms with van der Waals surface area (Å²) in [7, 11) is 0. The third-order valence-corrected chi connectivity index (χ3v) is 6.76. The van der Waals surface area contributed by atoms with Crippen LogP contribution >= 0.6 is 23.1 Å². The van der Waals surface area contributed by atoms with Gasteiger partial charge in [0.15, 0.2) is 5.16 Å². The third kappa shape index (κ3) is 4.39. The first-order chi connectivity index (χ1) is 14.0. The van der Waals surface area contributed by atoms with Crippen molar-refractivity contribution >= 4 is 39.2 Å². The largest absolute Gasteiger partial charge is 0.376 e. The first kappa shape index (κ1) is 20.1. The molecule has 1 aliphatic rings. The Morgan fingerprint density at radius 1 is 1.38 bits per heavy atom. The zero-order valence-electron chi connectivity index (χ0n) is 16.4. The molecular formula is C21H23N3O3S2. The molecule has 1 N–H and O–H groups in total. The number of nitrogens with one attached hydrogen (secondary N) is 1. The molecular weight excluding hydrogens is 406 g/mol. The molecule has 0 aliphatic carbocycles.